The average molecular weight is 260 g/mol. The van der Waals surface area contributed by atoms with Gasteiger partial charge in [-0.1, -0.05) is 39.8 Å². The summed E-state index contributed by atoms with van der Waals surface area (Å²) in [5.74, 6) is 0.230. The Morgan fingerprint density at radius 2 is 1.63 bits per heavy atom. The molecule has 1 aliphatic carbocycles. The third kappa shape index (κ3) is 2.39. The van der Waals surface area contributed by atoms with Crippen molar-refractivity contribution < 1.29 is 4.79 Å². The number of hydrogen-bond donors (Lipinski definition) is 2. The van der Waals surface area contributed by atoms with Gasteiger partial charge >= 0.3 is 0 Å². The summed E-state index contributed by atoms with van der Waals surface area (Å²) in [6.07, 6.45) is 0. The second kappa shape index (κ2) is 4.64. The van der Waals surface area contributed by atoms with Crippen molar-refractivity contribution in [3.63, 3.8) is 0 Å². The lowest BCUT2D eigenvalue weighted by molar-refractivity contribution is -0.118. The van der Waals surface area contributed by atoms with Gasteiger partial charge in [0.2, 0.25) is 5.91 Å². The van der Waals surface area contributed by atoms with E-state index in [1.54, 1.807) is 0 Å². The van der Waals surface area contributed by atoms with Gasteiger partial charge in [-0.2, -0.15) is 0 Å². The summed E-state index contributed by atoms with van der Waals surface area (Å²) in [5.41, 5.74) is 2.27. The number of hydrogen-bond acceptors (Lipinski definition) is 2. The molecule has 0 unspecified atom stereocenters. The average Bonchev–Trinajstić information content (AvgIpc) is 2.72. The molecule has 104 valence electrons. The van der Waals surface area contributed by atoms with Crippen molar-refractivity contribution in [1.82, 2.24) is 5.32 Å². The molecule has 0 aromatic heterocycles. The lowest BCUT2D eigenvalue weighted by atomic mass is 10.0. The van der Waals surface area contributed by atoms with Crippen molar-refractivity contribution in [1.29, 1.82) is 0 Å². The van der Waals surface area contributed by atoms with Crippen LogP contribution in [0.25, 0.3) is 0 Å². The summed E-state index contributed by atoms with van der Waals surface area (Å²) < 4.78 is 0. The predicted molar refractivity (Wildman–Crippen MR) is 78.9 cm³/mol. The summed E-state index contributed by atoms with van der Waals surface area (Å²) in [7, 11) is 1.92. The molecule has 1 aromatic rings. The third-order valence-electron chi connectivity index (χ3n) is 4.89. The van der Waals surface area contributed by atoms with E-state index in [1.165, 1.54) is 5.56 Å². The minimum absolute atomic E-state index is 0.0865. The van der Waals surface area contributed by atoms with Gasteiger partial charge in [0.1, 0.15) is 0 Å². The molecule has 1 fully saturated rings. The molecule has 0 atom stereocenters. The van der Waals surface area contributed by atoms with Gasteiger partial charge in [-0.3, -0.25) is 4.79 Å². The number of carbonyl (C=O) groups excluding carboxylic acids is 1. The number of benzene rings is 1. The molecule has 3 heteroatoms. The van der Waals surface area contributed by atoms with Crippen LogP contribution in [0.4, 0.5) is 5.69 Å². The van der Waals surface area contributed by atoms with Crippen molar-refractivity contribution in [3.05, 3.63) is 29.8 Å². The lowest BCUT2D eigenvalue weighted by Crippen LogP contribution is -2.17. The summed E-state index contributed by atoms with van der Waals surface area (Å²) in [4.78, 5) is 12.3. The van der Waals surface area contributed by atoms with Crippen LogP contribution in [0.2, 0.25) is 0 Å². The Balaban J connectivity index is 2.01. The zero-order valence-electron chi connectivity index (χ0n) is 12.5. The summed E-state index contributed by atoms with van der Waals surface area (Å²) in [6, 6.07) is 8.00. The first-order valence-corrected chi connectivity index (χ1v) is 6.85. The smallest absolute Gasteiger partial charge is 0.228 e. The second-order valence-corrected chi connectivity index (χ2v) is 6.59. The highest BCUT2D eigenvalue weighted by Crippen LogP contribution is 2.68. The molecule has 0 bridgehead atoms. The van der Waals surface area contributed by atoms with Crippen molar-refractivity contribution >= 4 is 11.6 Å². The van der Waals surface area contributed by atoms with Gasteiger partial charge in [0.05, 0.1) is 0 Å². The topological polar surface area (TPSA) is 41.1 Å². The predicted octanol–water partition coefficient (Wildman–Crippen LogP) is 3.03. The Morgan fingerprint density at radius 1 is 1.11 bits per heavy atom. The Hall–Kier alpha value is -1.35. The van der Waals surface area contributed by atoms with E-state index in [0.29, 0.717) is 0 Å². The van der Waals surface area contributed by atoms with Crippen LogP contribution >= 0.6 is 0 Å². The van der Waals surface area contributed by atoms with Gasteiger partial charge in [0.25, 0.3) is 0 Å². The zero-order chi connectivity index (χ0) is 14.3. The molecule has 0 aliphatic heterocycles. The van der Waals surface area contributed by atoms with E-state index < -0.39 is 0 Å². The molecule has 0 radical (unpaired) electrons. The van der Waals surface area contributed by atoms with Crippen LogP contribution < -0.4 is 10.6 Å². The molecule has 1 amide bonds. The van der Waals surface area contributed by atoms with E-state index in [1.807, 2.05) is 31.3 Å². The van der Waals surface area contributed by atoms with Crippen LogP contribution in [0.3, 0.4) is 0 Å². The molecule has 0 spiro atoms. The van der Waals surface area contributed by atoms with Crippen molar-refractivity contribution in [2.75, 3.05) is 12.4 Å². The summed E-state index contributed by atoms with van der Waals surface area (Å²) in [5, 5.41) is 6.13. The molecule has 0 heterocycles. The molecular weight excluding hydrogens is 236 g/mol. The SMILES string of the molecule is CNCc1ccc(NC(=O)C2C(C)(C)C2(C)C)cc1. The number of amides is 1. The minimum Gasteiger partial charge on any atom is -0.326 e. The van der Waals surface area contributed by atoms with Crippen LogP contribution in [0.1, 0.15) is 33.3 Å². The van der Waals surface area contributed by atoms with E-state index in [-0.39, 0.29) is 22.7 Å². The highest BCUT2D eigenvalue weighted by Gasteiger charge is 2.68. The van der Waals surface area contributed by atoms with Crippen molar-refractivity contribution in [2.24, 2.45) is 16.7 Å². The molecule has 1 saturated carbocycles. The monoisotopic (exact) mass is 260 g/mol. The van der Waals surface area contributed by atoms with Gasteiger partial charge in [-0.15, -0.1) is 0 Å². The number of rotatable bonds is 4. The van der Waals surface area contributed by atoms with E-state index in [0.717, 1.165) is 12.2 Å². The maximum Gasteiger partial charge on any atom is 0.228 e. The van der Waals surface area contributed by atoms with Gasteiger partial charge in [0.15, 0.2) is 0 Å². The molecule has 2 N–H and O–H groups in total. The fourth-order valence-electron chi connectivity index (χ4n) is 2.98. The van der Waals surface area contributed by atoms with Gasteiger partial charge in [-0.05, 0) is 35.6 Å². The quantitative estimate of drug-likeness (QED) is 0.873. The second-order valence-electron chi connectivity index (χ2n) is 6.59. The molecule has 0 saturated heterocycles. The van der Waals surface area contributed by atoms with E-state index in [4.69, 9.17) is 0 Å². The van der Waals surface area contributed by atoms with Crippen LogP contribution in [-0.2, 0) is 11.3 Å². The van der Waals surface area contributed by atoms with Crippen LogP contribution in [0, 0.1) is 16.7 Å². The van der Waals surface area contributed by atoms with E-state index >= 15 is 0 Å². The Morgan fingerprint density at radius 3 is 2.05 bits per heavy atom. The molecule has 1 aliphatic rings. The maximum absolute atomic E-state index is 12.3. The minimum atomic E-state index is 0.0865. The van der Waals surface area contributed by atoms with E-state index in [2.05, 4.69) is 38.3 Å². The van der Waals surface area contributed by atoms with Crippen molar-refractivity contribution in [3.8, 4) is 0 Å². The van der Waals surface area contributed by atoms with Crippen LogP contribution in [0.15, 0.2) is 24.3 Å². The molecule has 1 aromatic carbocycles. The number of carbonyl (C=O) groups is 1. The van der Waals surface area contributed by atoms with Crippen molar-refractivity contribution in [2.45, 2.75) is 34.2 Å². The van der Waals surface area contributed by atoms with E-state index in [9.17, 15) is 4.79 Å². The largest absolute Gasteiger partial charge is 0.326 e. The molecule has 2 rings (SSSR count). The highest BCUT2D eigenvalue weighted by molar-refractivity contribution is 5.96. The first kappa shape index (κ1) is 14.1. The van der Waals surface area contributed by atoms with Gasteiger partial charge in [0, 0.05) is 18.2 Å². The molecule has 3 nitrogen and oxygen atoms in total. The Labute approximate surface area is 115 Å². The lowest BCUT2D eigenvalue weighted by Gasteiger charge is -2.07. The Bertz CT molecular complexity index is 460. The zero-order valence-corrected chi connectivity index (χ0v) is 12.5. The first-order chi connectivity index (χ1) is 8.80. The number of nitrogens with one attached hydrogen (secondary N) is 2. The molecule has 19 heavy (non-hydrogen) atoms. The summed E-state index contributed by atoms with van der Waals surface area (Å²) >= 11 is 0. The Kier molecular flexibility index (Phi) is 3.43. The molecular formula is C16H24N2O. The van der Waals surface area contributed by atoms with Gasteiger partial charge < -0.3 is 10.6 Å². The van der Waals surface area contributed by atoms with Crippen LogP contribution in [0.5, 0.6) is 0 Å². The standard InChI is InChI=1S/C16H24N2O/c1-15(2)13(16(15,3)4)14(19)18-12-8-6-11(7-9-12)10-17-5/h6-9,13,17H,10H2,1-5H3,(H,18,19). The third-order valence-corrected chi connectivity index (χ3v) is 4.89. The normalized spacial score (nSPS) is 20.1. The first-order valence-electron chi connectivity index (χ1n) is 6.85. The fraction of sp³-hybridized carbons (Fsp3) is 0.562. The fourth-order valence-corrected chi connectivity index (χ4v) is 2.98. The summed E-state index contributed by atoms with van der Waals surface area (Å²) in [6.45, 7) is 9.48. The number of anilines is 1. The van der Waals surface area contributed by atoms with Crippen LogP contribution in [-0.4, -0.2) is 13.0 Å². The maximum atomic E-state index is 12.3. The highest BCUT2D eigenvalue weighted by atomic mass is 16.2. The van der Waals surface area contributed by atoms with Gasteiger partial charge in [-0.25, -0.2) is 0 Å².